The van der Waals surface area contributed by atoms with Crippen LogP contribution in [0.3, 0.4) is 0 Å². The zero-order valence-corrected chi connectivity index (χ0v) is 21.8. The maximum absolute atomic E-state index is 13.0. The molecule has 3 aromatic rings. The third kappa shape index (κ3) is 6.81. The fourth-order valence-corrected chi connectivity index (χ4v) is 4.39. The Labute approximate surface area is 223 Å². The molecule has 200 valence electrons. The van der Waals surface area contributed by atoms with Crippen LogP contribution in [0.25, 0.3) is 0 Å². The molecule has 0 aliphatic carbocycles. The number of anilines is 3. The van der Waals surface area contributed by atoms with Crippen LogP contribution in [0.15, 0.2) is 66.7 Å². The standard InChI is InChI=1S/C29H34N4O5/c1-37-20-19-32-15-4-16-33(18-17-32)23-11-7-21(8-12-23)29(36)31-27-25(5-3-6-26(27)34)30-28(35)22-9-13-24(38-2)14-10-22/h3,5-14,34H,4,15-20H2,1-2H3,(H,30,35)(H,31,36). The minimum Gasteiger partial charge on any atom is -0.506 e. The number of rotatable bonds is 9. The maximum Gasteiger partial charge on any atom is 0.255 e. The molecule has 0 radical (unpaired) electrons. The molecule has 0 spiro atoms. The number of aromatic hydroxyl groups is 1. The van der Waals surface area contributed by atoms with Crippen LogP contribution in [0, 0.1) is 0 Å². The van der Waals surface area contributed by atoms with Crippen molar-refractivity contribution in [1.82, 2.24) is 4.90 Å². The Balaban J connectivity index is 1.41. The molecule has 1 saturated heterocycles. The third-order valence-electron chi connectivity index (χ3n) is 6.58. The number of benzene rings is 3. The number of phenolic OH excluding ortho intramolecular Hbond substituents is 1. The second kappa shape index (κ2) is 12.9. The van der Waals surface area contributed by atoms with Crippen molar-refractivity contribution >= 4 is 28.9 Å². The first-order chi connectivity index (χ1) is 18.5. The number of para-hydroxylation sites is 1. The summed E-state index contributed by atoms with van der Waals surface area (Å²) in [5.41, 5.74) is 2.34. The molecular weight excluding hydrogens is 484 g/mol. The molecule has 3 N–H and O–H groups in total. The summed E-state index contributed by atoms with van der Waals surface area (Å²) >= 11 is 0. The van der Waals surface area contributed by atoms with Gasteiger partial charge in [0.1, 0.15) is 17.2 Å². The lowest BCUT2D eigenvalue weighted by Gasteiger charge is -2.23. The van der Waals surface area contributed by atoms with Gasteiger partial charge in [-0.25, -0.2) is 0 Å². The van der Waals surface area contributed by atoms with Gasteiger partial charge in [-0.1, -0.05) is 6.07 Å². The van der Waals surface area contributed by atoms with Crippen LogP contribution >= 0.6 is 0 Å². The summed E-state index contributed by atoms with van der Waals surface area (Å²) < 4.78 is 10.3. The van der Waals surface area contributed by atoms with Crippen LogP contribution < -0.4 is 20.3 Å². The Morgan fingerprint density at radius 1 is 0.842 bits per heavy atom. The van der Waals surface area contributed by atoms with E-state index < -0.39 is 0 Å². The zero-order valence-electron chi connectivity index (χ0n) is 21.8. The summed E-state index contributed by atoms with van der Waals surface area (Å²) in [7, 11) is 3.28. The van der Waals surface area contributed by atoms with Gasteiger partial charge >= 0.3 is 0 Å². The van der Waals surface area contributed by atoms with Gasteiger partial charge in [0.15, 0.2) is 0 Å². The van der Waals surface area contributed by atoms with Gasteiger partial charge < -0.3 is 30.1 Å². The number of hydrogen-bond donors (Lipinski definition) is 3. The lowest BCUT2D eigenvalue weighted by molar-refractivity contribution is 0.101. The SMILES string of the molecule is COCCN1CCCN(c2ccc(C(=O)Nc3c(O)cccc3NC(=O)c3ccc(OC)cc3)cc2)CC1. The van der Waals surface area contributed by atoms with Gasteiger partial charge in [-0.15, -0.1) is 0 Å². The Morgan fingerprint density at radius 2 is 1.53 bits per heavy atom. The molecule has 1 aliphatic rings. The highest BCUT2D eigenvalue weighted by atomic mass is 16.5. The number of carbonyl (C=O) groups is 2. The van der Waals surface area contributed by atoms with E-state index in [9.17, 15) is 14.7 Å². The van der Waals surface area contributed by atoms with Gasteiger partial charge in [0.05, 0.1) is 19.4 Å². The fourth-order valence-electron chi connectivity index (χ4n) is 4.39. The predicted octanol–water partition coefficient (Wildman–Crippen LogP) is 4.06. The Hall–Kier alpha value is -4.08. The minimum absolute atomic E-state index is 0.132. The van der Waals surface area contributed by atoms with Crippen molar-refractivity contribution in [3.63, 3.8) is 0 Å². The van der Waals surface area contributed by atoms with E-state index >= 15 is 0 Å². The molecule has 38 heavy (non-hydrogen) atoms. The maximum atomic E-state index is 13.0. The number of nitrogens with zero attached hydrogens (tertiary/aromatic N) is 2. The minimum atomic E-state index is -0.389. The van der Waals surface area contributed by atoms with Gasteiger partial charge in [0.2, 0.25) is 0 Å². The number of phenols is 1. The Bertz CT molecular complexity index is 1230. The van der Waals surface area contributed by atoms with Crippen molar-refractivity contribution in [3.8, 4) is 11.5 Å². The highest BCUT2D eigenvalue weighted by Gasteiger charge is 2.18. The number of methoxy groups -OCH3 is 2. The van der Waals surface area contributed by atoms with E-state index in [0.717, 1.165) is 51.4 Å². The first-order valence-electron chi connectivity index (χ1n) is 12.6. The van der Waals surface area contributed by atoms with Crippen molar-refractivity contribution in [3.05, 3.63) is 77.9 Å². The molecule has 4 rings (SSSR count). The van der Waals surface area contributed by atoms with Gasteiger partial charge in [-0.05, 0) is 73.6 Å². The Morgan fingerprint density at radius 3 is 2.21 bits per heavy atom. The van der Waals surface area contributed by atoms with Crippen LogP contribution in [0.1, 0.15) is 27.1 Å². The van der Waals surface area contributed by atoms with Crippen LogP contribution in [-0.2, 0) is 4.74 Å². The zero-order chi connectivity index (χ0) is 26.9. The normalized spacial score (nSPS) is 14.0. The van der Waals surface area contributed by atoms with E-state index in [4.69, 9.17) is 9.47 Å². The summed E-state index contributed by atoms with van der Waals surface area (Å²) in [6, 6.07) is 18.7. The van der Waals surface area contributed by atoms with Crippen molar-refractivity contribution in [2.45, 2.75) is 6.42 Å². The highest BCUT2D eigenvalue weighted by molar-refractivity contribution is 6.11. The molecule has 9 nitrogen and oxygen atoms in total. The van der Waals surface area contributed by atoms with Crippen molar-refractivity contribution in [2.75, 3.05) is 69.1 Å². The largest absolute Gasteiger partial charge is 0.506 e. The van der Waals surface area contributed by atoms with E-state index in [1.807, 2.05) is 12.1 Å². The van der Waals surface area contributed by atoms with Crippen LogP contribution in [0.2, 0.25) is 0 Å². The molecule has 2 amide bonds. The van der Waals surface area contributed by atoms with E-state index in [1.54, 1.807) is 62.8 Å². The molecule has 0 saturated carbocycles. The lowest BCUT2D eigenvalue weighted by Crippen LogP contribution is -2.32. The number of carbonyl (C=O) groups excluding carboxylic acids is 2. The lowest BCUT2D eigenvalue weighted by atomic mass is 10.1. The number of nitrogens with one attached hydrogen (secondary N) is 2. The molecule has 3 aromatic carbocycles. The molecule has 0 bridgehead atoms. The van der Waals surface area contributed by atoms with Crippen LogP contribution in [0.5, 0.6) is 11.5 Å². The van der Waals surface area contributed by atoms with Crippen LogP contribution in [-0.4, -0.2) is 75.4 Å². The van der Waals surface area contributed by atoms with Crippen LogP contribution in [0.4, 0.5) is 17.1 Å². The second-order valence-electron chi connectivity index (χ2n) is 9.06. The number of amides is 2. The van der Waals surface area contributed by atoms with Crippen molar-refractivity contribution < 1.29 is 24.2 Å². The predicted molar refractivity (Wildman–Crippen MR) is 149 cm³/mol. The second-order valence-corrected chi connectivity index (χ2v) is 9.06. The summed E-state index contributed by atoms with van der Waals surface area (Å²) in [6.07, 6.45) is 1.06. The monoisotopic (exact) mass is 518 g/mol. The van der Waals surface area contributed by atoms with E-state index in [2.05, 4.69) is 20.4 Å². The average molecular weight is 519 g/mol. The third-order valence-corrected chi connectivity index (χ3v) is 6.58. The summed E-state index contributed by atoms with van der Waals surface area (Å²) in [5.74, 6) is -0.279. The topological polar surface area (TPSA) is 103 Å². The smallest absolute Gasteiger partial charge is 0.255 e. The summed E-state index contributed by atoms with van der Waals surface area (Å²) in [5, 5.41) is 16.0. The van der Waals surface area contributed by atoms with Crippen molar-refractivity contribution in [2.24, 2.45) is 0 Å². The molecule has 1 aliphatic heterocycles. The molecule has 1 heterocycles. The van der Waals surface area contributed by atoms with Gasteiger partial charge in [-0.3, -0.25) is 14.5 Å². The molecular formula is C29H34N4O5. The Kier molecular flexibility index (Phi) is 9.18. The first kappa shape index (κ1) is 27.0. The average Bonchev–Trinajstić information content (AvgIpc) is 3.19. The number of hydrogen-bond acceptors (Lipinski definition) is 7. The molecule has 0 unspecified atom stereocenters. The highest BCUT2D eigenvalue weighted by Crippen LogP contribution is 2.32. The van der Waals surface area contributed by atoms with E-state index in [1.165, 1.54) is 6.07 Å². The fraction of sp³-hybridized carbons (Fsp3) is 0.310. The van der Waals surface area contributed by atoms with E-state index in [-0.39, 0.29) is 23.3 Å². The number of ether oxygens (including phenoxy) is 2. The van der Waals surface area contributed by atoms with Crippen molar-refractivity contribution in [1.29, 1.82) is 0 Å². The molecule has 0 aromatic heterocycles. The molecule has 0 atom stereocenters. The van der Waals surface area contributed by atoms with Gasteiger partial charge in [-0.2, -0.15) is 0 Å². The first-order valence-corrected chi connectivity index (χ1v) is 12.6. The quantitative estimate of drug-likeness (QED) is 0.367. The molecule has 9 heteroatoms. The summed E-state index contributed by atoms with van der Waals surface area (Å²) in [6.45, 7) is 5.52. The van der Waals surface area contributed by atoms with Gasteiger partial charge in [0, 0.05) is 50.1 Å². The van der Waals surface area contributed by atoms with E-state index in [0.29, 0.717) is 22.6 Å². The summed E-state index contributed by atoms with van der Waals surface area (Å²) in [4.78, 5) is 30.5. The molecule has 1 fully saturated rings. The van der Waals surface area contributed by atoms with Gasteiger partial charge in [0.25, 0.3) is 11.8 Å².